The van der Waals surface area contributed by atoms with Crippen LogP contribution in [0.15, 0.2) is 10.5 Å². The van der Waals surface area contributed by atoms with Gasteiger partial charge in [-0.15, -0.1) is 11.3 Å². The van der Waals surface area contributed by atoms with Crippen LogP contribution in [0.4, 0.5) is 0 Å². The van der Waals surface area contributed by atoms with Gasteiger partial charge in [-0.05, 0) is 26.7 Å². The Morgan fingerprint density at radius 1 is 1.35 bits per heavy atom. The van der Waals surface area contributed by atoms with E-state index in [1.807, 2.05) is 6.92 Å². The van der Waals surface area contributed by atoms with Crippen molar-refractivity contribution in [2.45, 2.75) is 52.0 Å². The van der Waals surface area contributed by atoms with Gasteiger partial charge in [0.25, 0.3) is 5.91 Å². The maximum absolute atomic E-state index is 12.0. The van der Waals surface area contributed by atoms with Crippen molar-refractivity contribution in [3.8, 4) is 0 Å². The summed E-state index contributed by atoms with van der Waals surface area (Å²) in [6, 6.07) is 0.524. The van der Waals surface area contributed by atoms with Crippen LogP contribution in [0.2, 0.25) is 0 Å². The second-order valence-corrected chi connectivity index (χ2v) is 6.62. The minimum atomic E-state index is -0.0644. The normalized spacial score (nSPS) is 16.2. The summed E-state index contributed by atoms with van der Waals surface area (Å²) in [4.78, 5) is 21.3. The van der Waals surface area contributed by atoms with Crippen molar-refractivity contribution in [3.05, 3.63) is 16.1 Å². The minimum Gasteiger partial charge on any atom is -0.357 e. The van der Waals surface area contributed by atoms with Crippen molar-refractivity contribution in [1.29, 1.82) is 0 Å². The Hall–Kier alpha value is -1.63. The lowest BCUT2D eigenvalue weighted by Gasteiger charge is -2.24. The lowest BCUT2D eigenvalue weighted by atomic mass is 9.96. The largest absolute Gasteiger partial charge is 0.357 e. The summed E-state index contributed by atoms with van der Waals surface area (Å²) in [5.74, 6) is 0.785. The number of guanidine groups is 1. The van der Waals surface area contributed by atoms with E-state index in [1.165, 1.54) is 43.4 Å². The first-order valence-electron chi connectivity index (χ1n) is 8.43. The average molecular weight is 337 g/mol. The summed E-state index contributed by atoms with van der Waals surface area (Å²) in [5.41, 5.74) is 2.48. The molecule has 7 heteroatoms. The molecule has 0 aromatic carbocycles. The molecule has 0 radical (unpaired) electrons. The molecule has 23 heavy (non-hydrogen) atoms. The number of thiazole rings is 1. The van der Waals surface area contributed by atoms with E-state index in [-0.39, 0.29) is 5.91 Å². The molecule has 6 nitrogen and oxygen atoms in total. The van der Waals surface area contributed by atoms with Crippen molar-refractivity contribution in [3.63, 3.8) is 0 Å². The van der Waals surface area contributed by atoms with Gasteiger partial charge >= 0.3 is 0 Å². The molecule has 1 saturated carbocycles. The lowest BCUT2D eigenvalue weighted by Crippen LogP contribution is -2.44. The number of hydrogen-bond donors (Lipinski definition) is 3. The second-order valence-electron chi connectivity index (χ2n) is 5.76. The predicted molar refractivity (Wildman–Crippen MR) is 95.2 cm³/mol. The van der Waals surface area contributed by atoms with E-state index in [4.69, 9.17) is 0 Å². The molecule has 1 aromatic rings. The number of rotatable bonds is 6. The van der Waals surface area contributed by atoms with Gasteiger partial charge in [0.1, 0.15) is 4.88 Å². The number of carbonyl (C=O) groups excluding carboxylic acids is 1. The van der Waals surface area contributed by atoms with Crippen molar-refractivity contribution in [2.75, 3.05) is 19.6 Å². The zero-order valence-electron chi connectivity index (χ0n) is 14.0. The van der Waals surface area contributed by atoms with Gasteiger partial charge in [-0.2, -0.15) is 0 Å². The van der Waals surface area contributed by atoms with Gasteiger partial charge in [0.15, 0.2) is 5.96 Å². The number of nitrogens with zero attached hydrogens (tertiary/aromatic N) is 2. The fourth-order valence-electron chi connectivity index (χ4n) is 2.70. The summed E-state index contributed by atoms with van der Waals surface area (Å²) >= 11 is 1.37. The van der Waals surface area contributed by atoms with Gasteiger partial charge in [-0.3, -0.25) is 9.79 Å². The van der Waals surface area contributed by atoms with E-state index in [0.29, 0.717) is 24.0 Å². The number of aliphatic imine (C=N–C) groups is 1. The van der Waals surface area contributed by atoms with Crippen molar-refractivity contribution in [1.82, 2.24) is 20.9 Å². The van der Waals surface area contributed by atoms with Crippen LogP contribution < -0.4 is 16.0 Å². The van der Waals surface area contributed by atoms with Crippen LogP contribution >= 0.6 is 11.3 Å². The van der Waals surface area contributed by atoms with Gasteiger partial charge in [0, 0.05) is 19.1 Å². The quantitative estimate of drug-likeness (QED) is 0.422. The third-order valence-corrected chi connectivity index (χ3v) is 4.84. The molecule has 0 atom stereocenters. The number of carbonyl (C=O) groups is 1. The highest BCUT2D eigenvalue weighted by Crippen LogP contribution is 2.17. The van der Waals surface area contributed by atoms with Crippen LogP contribution in [0.3, 0.4) is 0 Å². The summed E-state index contributed by atoms with van der Waals surface area (Å²) in [6.07, 6.45) is 6.36. The molecule has 1 aromatic heterocycles. The van der Waals surface area contributed by atoms with Crippen LogP contribution in [-0.4, -0.2) is 42.5 Å². The Kier molecular flexibility index (Phi) is 7.32. The van der Waals surface area contributed by atoms with Crippen molar-refractivity contribution >= 4 is 23.2 Å². The lowest BCUT2D eigenvalue weighted by molar-refractivity contribution is 0.0958. The smallest absolute Gasteiger partial charge is 0.263 e. The van der Waals surface area contributed by atoms with Crippen LogP contribution in [-0.2, 0) is 0 Å². The van der Waals surface area contributed by atoms with Crippen molar-refractivity contribution < 1.29 is 4.79 Å². The summed E-state index contributed by atoms with van der Waals surface area (Å²) in [7, 11) is 0. The van der Waals surface area contributed by atoms with Gasteiger partial charge in [0.05, 0.1) is 17.7 Å². The zero-order chi connectivity index (χ0) is 16.5. The second kappa shape index (κ2) is 9.50. The first-order chi connectivity index (χ1) is 11.2. The van der Waals surface area contributed by atoms with Crippen LogP contribution in [0, 0.1) is 6.92 Å². The van der Waals surface area contributed by atoms with E-state index in [2.05, 4.69) is 32.9 Å². The third-order valence-electron chi connectivity index (χ3n) is 3.91. The molecule has 128 valence electrons. The van der Waals surface area contributed by atoms with E-state index >= 15 is 0 Å². The molecular formula is C16H27N5OS. The van der Waals surface area contributed by atoms with E-state index in [1.54, 1.807) is 5.51 Å². The Morgan fingerprint density at radius 3 is 2.78 bits per heavy atom. The molecule has 0 aliphatic heterocycles. The Bertz CT molecular complexity index is 522. The van der Waals surface area contributed by atoms with Crippen LogP contribution in [0.25, 0.3) is 0 Å². The fraction of sp³-hybridized carbons (Fsp3) is 0.688. The van der Waals surface area contributed by atoms with Crippen molar-refractivity contribution in [2.24, 2.45) is 4.99 Å². The van der Waals surface area contributed by atoms with Gasteiger partial charge in [0.2, 0.25) is 0 Å². The molecule has 2 rings (SSSR count). The highest BCUT2D eigenvalue weighted by Gasteiger charge is 2.14. The monoisotopic (exact) mass is 337 g/mol. The first kappa shape index (κ1) is 17.7. The number of amides is 1. The zero-order valence-corrected chi connectivity index (χ0v) is 14.8. The maximum Gasteiger partial charge on any atom is 0.263 e. The third kappa shape index (κ3) is 5.82. The SMILES string of the molecule is CCNC(=NCCNC(=O)c1scnc1C)NC1CCCCC1. The Labute approximate surface area is 142 Å². The molecular weight excluding hydrogens is 310 g/mol. The number of hydrogen-bond acceptors (Lipinski definition) is 4. The number of nitrogens with one attached hydrogen (secondary N) is 3. The number of aromatic nitrogens is 1. The van der Waals surface area contributed by atoms with E-state index in [0.717, 1.165) is 18.2 Å². The molecule has 0 saturated heterocycles. The van der Waals surface area contributed by atoms with Crippen LogP contribution in [0.5, 0.6) is 0 Å². The fourth-order valence-corrected chi connectivity index (χ4v) is 3.42. The molecule has 1 fully saturated rings. The molecule has 0 unspecified atom stereocenters. The molecule has 1 aliphatic rings. The molecule has 0 bridgehead atoms. The van der Waals surface area contributed by atoms with E-state index in [9.17, 15) is 4.79 Å². The molecule has 1 heterocycles. The van der Waals surface area contributed by atoms with Gasteiger partial charge < -0.3 is 16.0 Å². The van der Waals surface area contributed by atoms with E-state index < -0.39 is 0 Å². The summed E-state index contributed by atoms with van der Waals surface area (Å²) < 4.78 is 0. The highest BCUT2D eigenvalue weighted by atomic mass is 32.1. The molecule has 3 N–H and O–H groups in total. The Balaban J connectivity index is 1.76. The predicted octanol–water partition coefficient (Wildman–Crippen LogP) is 2.07. The minimum absolute atomic E-state index is 0.0644. The molecule has 1 amide bonds. The topological polar surface area (TPSA) is 78.4 Å². The van der Waals surface area contributed by atoms with Gasteiger partial charge in [-0.1, -0.05) is 19.3 Å². The average Bonchev–Trinajstić information content (AvgIpc) is 2.98. The highest BCUT2D eigenvalue weighted by molar-refractivity contribution is 7.11. The molecule has 1 aliphatic carbocycles. The summed E-state index contributed by atoms with van der Waals surface area (Å²) in [6.45, 7) is 5.83. The maximum atomic E-state index is 12.0. The summed E-state index contributed by atoms with van der Waals surface area (Å²) in [5, 5.41) is 9.67. The standard InChI is InChI=1S/C16H27N5OS/c1-3-17-16(21-13-7-5-4-6-8-13)19-10-9-18-15(22)14-12(2)20-11-23-14/h11,13H,3-10H2,1-2H3,(H,18,22)(H2,17,19,21). The number of aryl methyl sites for hydroxylation is 1. The van der Waals surface area contributed by atoms with Gasteiger partial charge in [-0.25, -0.2) is 4.98 Å². The molecule has 0 spiro atoms. The Morgan fingerprint density at radius 2 is 2.13 bits per heavy atom. The first-order valence-corrected chi connectivity index (χ1v) is 9.31. The van der Waals surface area contributed by atoms with Crippen LogP contribution in [0.1, 0.15) is 54.4 Å².